The van der Waals surface area contributed by atoms with Gasteiger partial charge in [0.15, 0.2) is 0 Å². The number of anilines is 1. The maximum absolute atomic E-state index is 5.76. The second kappa shape index (κ2) is 6.94. The number of imidazole rings is 1. The van der Waals surface area contributed by atoms with E-state index in [-0.39, 0.29) is 0 Å². The molecular weight excluding hydrogens is 260 g/mol. The third kappa shape index (κ3) is 3.21. The van der Waals surface area contributed by atoms with E-state index >= 15 is 0 Å². The molecular formula is C17H26N4. The van der Waals surface area contributed by atoms with Crippen LogP contribution in [0.25, 0.3) is 5.65 Å². The molecule has 2 N–H and O–H groups in total. The Kier molecular flexibility index (Phi) is 4.76. The van der Waals surface area contributed by atoms with Gasteiger partial charge in [-0.2, -0.15) is 0 Å². The molecule has 2 heterocycles. The van der Waals surface area contributed by atoms with Crippen LogP contribution < -0.4 is 10.6 Å². The van der Waals surface area contributed by atoms with E-state index < -0.39 is 0 Å². The Hall–Kier alpha value is -1.55. The van der Waals surface area contributed by atoms with Gasteiger partial charge in [0.25, 0.3) is 0 Å². The van der Waals surface area contributed by atoms with Crippen LogP contribution in [0.3, 0.4) is 0 Å². The van der Waals surface area contributed by atoms with Gasteiger partial charge in [0.2, 0.25) is 0 Å². The Labute approximate surface area is 127 Å². The third-order valence-electron chi connectivity index (χ3n) is 4.57. The van der Waals surface area contributed by atoms with E-state index in [2.05, 4.69) is 38.7 Å². The smallest absolute Gasteiger partial charge is 0.138 e. The van der Waals surface area contributed by atoms with Crippen molar-refractivity contribution >= 4 is 11.5 Å². The molecule has 1 fully saturated rings. The fraction of sp³-hybridized carbons (Fsp3) is 0.588. The zero-order valence-corrected chi connectivity index (χ0v) is 12.7. The summed E-state index contributed by atoms with van der Waals surface area (Å²) in [5.74, 6) is 1.27. The molecule has 1 saturated carbocycles. The summed E-state index contributed by atoms with van der Waals surface area (Å²) >= 11 is 0. The third-order valence-corrected chi connectivity index (χ3v) is 4.57. The summed E-state index contributed by atoms with van der Waals surface area (Å²) in [5, 5.41) is 0. The average molecular weight is 286 g/mol. The summed E-state index contributed by atoms with van der Waals surface area (Å²) in [7, 11) is 0. The first-order chi connectivity index (χ1) is 10.4. The van der Waals surface area contributed by atoms with Crippen LogP contribution in [0.5, 0.6) is 0 Å². The number of pyridine rings is 1. The van der Waals surface area contributed by atoms with Gasteiger partial charge in [0.1, 0.15) is 11.5 Å². The first-order valence-electron chi connectivity index (χ1n) is 8.29. The average Bonchev–Trinajstić information content (AvgIpc) is 2.84. The Morgan fingerprint density at radius 1 is 1.19 bits per heavy atom. The van der Waals surface area contributed by atoms with Crippen LogP contribution in [0, 0.1) is 0 Å². The zero-order valence-electron chi connectivity index (χ0n) is 12.7. The number of aromatic nitrogens is 2. The molecule has 2 aromatic rings. The van der Waals surface area contributed by atoms with Crippen molar-refractivity contribution in [2.24, 2.45) is 5.73 Å². The Bertz CT molecular complexity index is 555. The molecule has 0 unspecified atom stereocenters. The van der Waals surface area contributed by atoms with Gasteiger partial charge in [0.05, 0.1) is 0 Å². The van der Waals surface area contributed by atoms with Gasteiger partial charge < -0.3 is 10.6 Å². The molecule has 1 aliphatic rings. The zero-order chi connectivity index (χ0) is 14.5. The summed E-state index contributed by atoms with van der Waals surface area (Å²) in [6, 6.07) is 7.05. The molecule has 114 valence electrons. The molecule has 3 rings (SSSR count). The first kappa shape index (κ1) is 14.4. The first-order valence-corrected chi connectivity index (χ1v) is 8.29. The van der Waals surface area contributed by atoms with Crippen LogP contribution in [0.15, 0.2) is 30.6 Å². The molecule has 0 aliphatic heterocycles. The SMILES string of the molecule is NCCCN(c1cccc2nccn12)C1CCCCCC1. The van der Waals surface area contributed by atoms with Crippen LogP contribution >= 0.6 is 0 Å². The second-order valence-electron chi connectivity index (χ2n) is 6.02. The van der Waals surface area contributed by atoms with E-state index in [0.29, 0.717) is 6.04 Å². The molecule has 4 heteroatoms. The van der Waals surface area contributed by atoms with E-state index in [4.69, 9.17) is 5.73 Å². The van der Waals surface area contributed by atoms with Crippen molar-refractivity contribution in [3.05, 3.63) is 30.6 Å². The minimum absolute atomic E-state index is 0.645. The molecule has 21 heavy (non-hydrogen) atoms. The molecule has 0 aromatic carbocycles. The molecule has 0 spiro atoms. The maximum atomic E-state index is 5.76. The monoisotopic (exact) mass is 286 g/mol. The van der Waals surface area contributed by atoms with E-state index in [9.17, 15) is 0 Å². The topological polar surface area (TPSA) is 46.6 Å². The van der Waals surface area contributed by atoms with Crippen LogP contribution in [-0.2, 0) is 0 Å². The van der Waals surface area contributed by atoms with Gasteiger partial charge in [-0.05, 0) is 37.9 Å². The van der Waals surface area contributed by atoms with Crippen molar-refractivity contribution in [2.45, 2.75) is 51.0 Å². The Morgan fingerprint density at radius 2 is 2.00 bits per heavy atom. The number of nitrogens with zero attached hydrogens (tertiary/aromatic N) is 3. The van der Waals surface area contributed by atoms with E-state index in [1.54, 1.807) is 0 Å². The highest BCUT2D eigenvalue weighted by Crippen LogP contribution is 2.27. The van der Waals surface area contributed by atoms with Crippen molar-refractivity contribution in [3.63, 3.8) is 0 Å². The summed E-state index contributed by atoms with van der Waals surface area (Å²) in [5.41, 5.74) is 6.79. The quantitative estimate of drug-likeness (QED) is 0.859. The summed E-state index contributed by atoms with van der Waals surface area (Å²) in [6.45, 7) is 1.79. The van der Waals surface area contributed by atoms with Gasteiger partial charge in [-0.1, -0.05) is 31.7 Å². The molecule has 1 aliphatic carbocycles. The van der Waals surface area contributed by atoms with Crippen LogP contribution in [0.4, 0.5) is 5.82 Å². The standard InChI is InChI=1S/C17H26N4/c18-11-6-13-20(15-7-3-1-2-4-8-15)17-10-5-9-16-19-12-14-21(16)17/h5,9-10,12,14-15H,1-4,6-8,11,13,18H2. The van der Waals surface area contributed by atoms with Crippen molar-refractivity contribution < 1.29 is 0 Å². The fourth-order valence-electron chi connectivity index (χ4n) is 3.48. The highest BCUT2D eigenvalue weighted by molar-refractivity contribution is 5.52. The van der Waals surface area contributed by atoms with Crippen LogP contribution in [0.1, 0.15) is 44.9 Å². The number of fused-ring (bicyclic) bond motifs is 1. The number of nitrogens with two attached hydrogens (primary N) is 1. The highest BCUT2D eigenvalue weighted by atomic mass is 15.2. The van der Waals surface area contributed by atoms with E-state index in [1.165, 1.54) is 44.3 Å². The predicted octanol–water partition coefficient (Wildman–Crippen LogP) is 3.21. The maximum Gasteiger partial charge on any atom is 0.138 e. The van der Waals surface area contributed by atoms with E-state index in [1.807, 2.05) is 6.20 Å². The fourth-order valence-corrected chi connectivity index (χ4v) is 3.48. The molecule has 0 amide bonds. The minimum atomic E-state index is 0.645. The lowest BCUT2D eigenvalue weighted by Crippen LogP contribution is -2.37. The Balaban J connectivity index is 1.92. The highest BCUT2D eigenvalue weighted by Gasteiger charge is 2.21. The molecule has 0 bridgehead atoms. The number of rotatable bonds is 5. The van der Waals surface area contributed by atoms with Crippen molar-refractivity contribution in [3.8, 4) is 0 Å². The van der Waals surface area contributed by atoms with Gasteiger partial charge in [0, 0.05) is 25.0 Å². The van der Waals surface area contributed by atoms with E-state index in [0.717, 1.165) is 25.2 Å². The normalized spacial score (nSPS) is 17.0. The lowest BCUT2D eigenvalue weighted by molar-refractivity contribution is 0.513. The lowest BCUT2D eigenvalue weighted by atomic mass is 10.1. The van der Waals surface area contributed by atoms with Gasteiger partial charge in [-0.25, -0.2) is 4.98 Å². The number of hydrogen-bond acceptors (Lipinski definition) is 3. The van der Waals surface area contributed by atoms with Gasteiger partial charge in [-0.15, -0.1) is 0 Å². The summed E-state index contributed by atoms with van der Waals surface area (Å²) in [4.78, 5) is 6.99. The molecule has 2 aromatic heterocycles. The van der Waals surface area contributed by atoms with Crippen LogP contribution in [0.2, 0.25) is 0 Å². The Morgan fingerprint density at radius 3 is 2.76 bits per heavy atom. The van der Waals surface area contributed by atoms with Crippen molar-refractivity contribution in [1.82, 2.24) is 9.38 Å². The lowest BCUT2D eigenvalue weighted by Gasteiger charge is -2.33. The summed E-state index contributed by atoms with van der Waals surface area (Å²) < 4.78 is 2.21. The largest absolute Gasteiger partial charge is 0.355 e. The molecule has 0 saturated heterocycles. The second-order valence-corrected chi connectivity index (χ2v) is 6.02. The molecule has 0 radical (unpaired) electrons. The summed E-state index contributed by atoms with van der Waals surface area (Å²) in [6.07, 6.45) is 13.1. The minimum Gasteiger partial charge on any atom is -0.355 e. The van der Waals surface area contributed by atoms with Crippen molar-refractivity contribution in [2.75, 3.05) is 18.0 Å². The molecule has 0 atom stereocenters. The van der Waals surface area contributed by atoms with Crippen molar-refractivity contribution in [1.29, 1.82) is 0 Å². The van der Waals surface area contributed by atoms with Gasteiger partial charge in [-0.3, -0.25) is 4.40 Å². The molecule has 4 nitrogen and oxygen atoms in total. The van der Waals surface area contributed by atoms with Crippen LogP contribution in [-0.4, -0.2) is 28.5 Å². The van der Waals surface area contributed by atoms with Gasteiger partial charge >= 0.3 is 0 Å². The number of hydrogen-bond donors (Lipinski definition) is 1. The predicted molar refractivity (Wildman–Crippen MR) is 87.7 cm³/mol.